The molecule has 8 saturated carbocycles. The van der Waals surface area contributed by atoms with Crippen LogP contribution >= 0.6 is 7.92 Å². The van der Waals surface area contributed by atoms with E-state index in [1.807, 2.05) is 0 Å². The van der Waals surface area contributed by atoms with Gasteiger partial charge >= 0.3 is 20.4 Å². The van der Waals surface area contributed by atoms with Crippen LogP contribution in [0, 0.1) is 35.5 Å². The zero-order valence-corrected chi connectivity index (χ0v) is 24.6. The van der Waals surface area contributed by atoms with Crippen molar-refractivity contribution in [2.45, 2.75) is 127 Å². The van der Waals surface area contributed by atoms with E-state index in [0.29, 0.717) is 0 Å². The third-order valence-corrected chi connectivity index (χ3v) is 14.3. The Balaban J connectivity index is 0.000000337. The van der Waals surface area contributed by atoms with Crippen molar-refractivity contribution in [3.8, 4) is 0 Å². The average molecular weight is 597 g/mol. The standard InChI is InChI=1S/C25H41P.2C2H4O2.Pd/c1-2-3-4-5-26(24-12-18-6-19(13-24)8-20(7-18)14-24)25-15-21-9-22(16-25)11-23(10-21)17-25;2*1-2(3)4;/h18-23H,2-17H2,1H3;2*1H3,(H,3,4);/q;;;+2/p-2. The van der Waals surface area contributed by atoms with E-state index >= 15 is 0 Å². The van der Waals surface area contributed by atoms with Crippen molar-refractivity contribution < 1.29 is 40.2 Å². The second-order valence-corrected chi connectivity index (χ2v) is 16.3. The summed E-state index contributed by atoms with van der Waals surface area (Å²) < 4.78 is 0. The molecular weight excluding hydrogens is 550 g/mol. The minimum Gasteiger partial charge on any atom is -0.550 e. The van der Waals surface area contributed by atoms with Gasteiger partial charge in [-0.2, -0.15) is 0 Å². The van der Waals surface area contributed by atoms with Gasteiger partial charge in [0.05, 0.1) is 0 Å². The summed E-state index contributed by atoms with van der Waals surface area (Å²) in [5.74, 6) is 4.79. The Morgan fingerprint density at radius 2 is 0.914 bits per heavy atom. The van der Waals surface area contributed by atoms with Crippen molar-refractivity contribution in [3.63, 3.8) is 0 Å². The molecule has 202 valence electrons. The molecule has 0 heterocycles. The Kier molecular flexibility index (Phi) is 10.4. The smallest absolute Gasteiger partial charge is 0.550 e. The average Bonchev–Trinajstić information content (AvgIpc) is 2.68. The summed E-state index contributed by atoms with van der Waals surface area (Å²) in [6.45, 7) is 4.36. The van der Waals surface area contributed by atoms with Crippen molar-refractivity contribution in [3.05, 3.63) is 0 Å². The summed E-state index contributed by atoms with van der Waals surface area (Å²) in [5, 5.41) is 19.5. The maximum atomic E-state index is 8.89. The summed E-state index contributed by atoms with van der Waals surface area (Å²) in [5.41, 5.74) is 0. The number of carbonyl (C=O) groups is 2. The maximum absolute atomic E-state index is 8.89. The number of carbonyl (C=O) groups excluding carboxylic acids is 2. The topological polar surface area (TPSA) is 80.3 Å². The monoisotopic (exact) mass is 596 g/mol. The van der Waals surface area contributed by atoms with E-state index < -0.39 is 11.9 Å². The predicted molar refractivity (Wildman–Crippen MR) is 134 cm³/mol. The molecule has 0 atom stereocenters. The summed E-state index contributed by atoms with van der Waals surface area (Å²) in [6, 6.07) is 0. The van der Waals surface area contributed by atoms with Crippen LogP contribution in [0.2, 0.25) is 0 Å². The maximum Gasteiger partial charge on any atom is 2.00 e. The molecule has 0 amide bonds. The molecule has 0 unspecified atom stereocenters. The molecule has 8 bridgehead atoms. The first-order valence-corrected chi connectivity index (χ1v) is 15.8. The largest absolute Gasteiger partial charge is 2.00 e. The first-order chi connectivity index (χ1) is 16.1. The first-order valence-electron chi connectivity index (χ1n) is 14.3. The number of unbranched alkanes of at least 4 members (excludes halogenated alkanes) is 2. The second-order valence-electron chi connectivity index (χ2n) is 13.1. The number of hydrogen-bond donors (Lipinski definition) is 0. The van der Waals surface area contributed by atoms with Crippen molar-refractivity contribution in [2.24, 2.45) is 35.5 Å². The van der Waals surface area contributed by atoms with Gasteiger partial charge in [-0.1, -0.05) is 27.7 Å². The minimum atomic E-state index is -1.08. The normalized spacial score (nSPS) is 42.1. The molecule has 0 aromatic heterocycles. The fraction of sp³-hybridized carbons (Fsp3) is 0.931. The van der Waals surface area contributed by atoms with Gasteiger partial charge in [0, 0.05) is 11.9 Å². The van der Waals surface area contributed by atoms with E-state index in [-0.39, 0.29) is 28.3 Å². The molecule has 35 heavy (non-hydrogen) atoms. The Labute approximate surface area is 228 Å². The molecule has 8 fully saturated rings. The van der Waals surface area contributed by atoms with Crippen LogP contribution in [0.3, 0.4) is 0 Å². The summed E-state index contributed by atoms with van der Waals surface area (Å²) >= 11 is 0. The number of carboxylic acids is 2. The van der Waals surface area contributed by atoms with Gasteiger partial charge in [-0.05, 0) is 149 Å². The minimum absolute atomic E-state index is 0. The molecule has 8 aliphatic rings. The van der Waals surface area contributed by atoms with Gasteiger partial charge in [-0.3, -0.25) is 0 Å². The number of carboxylic acid groups (broad SMARTS) is 2. The molecule has 4 nitrogen and oxygen atoms in total. The van der Waals surface area contributed by atoms with E-state index in [4.69, 9.17) is 19.8 Å². The van der Waals surface area contributed by atoms with Crippen LogP contribution in [0.15, 0.2) is 0 Å². The molecule has 0 aromatic rings. The second kappa shape index (κ2) is 12.3. The van der Waals surface area contributed by atoms with Crippen LogP contribution in [0.25, 0.3) is 0 Å². The van der Waals surface area contributed by atoms with E-state index in [1.54, 1.807) is 89.6 Å². The van der Waals surface area contributed by atoms with Crippen LogP contribution in [-0.4, -0.2) is 28.4 Å². The third kappa shape index (κ3) is 6.92. The fourth-order valence-corrected chi connectivity index (χ4v) is 15.7. The molecule has 0 N–H and O–H groups in total. The van der Waals surface area contributed by atoms with E-state index in [2.05, 4.69) is 6.92 Å². The van der Waals surface area contributed by atoms with Crippen LogP contribution < -0.4 is 10.2 Å². The van der Waals surface area contributed by atoms with Crippen molar-refractivity contribution in [1.82, 2.24) is 0 Å². The van der Waals surface area contributed by atoms with Crippen LogP contribution in [0.5, 0.6) is 0 Å². The zero-order valence-electron chi connectivity index (χ0n) is 22.2. The van der Waals surface area contributed by atoms with Crippen LogP contribution in [0.4, 0.5) is 0 Å². The molecule has 8 aliphatic carbocycles. The van der Waals surface area contributed by atoms with Crippen molar-refractivity contribution in [1.29, 1.82) is 0 Å². The van der Waals surface area contributed by atoms with Gasteiger partial charge in [-0.25, -0.2) is 0 Å². The number of hydrogen-bond acceptors (Lipinski definition) is 4. The fourth-order valence-electron chi connectivity index (χ4n) is 10.3. The van der Waals surface area contributed by atoms with Gasteiger partial charge < -0.3 is 19.8 Å². The predicted octanol–water partition coefficient (Wildman–Crippen LogP) is 5.11. The number of rotatable bonds is 6. The summed E-state index contributed by atoms with van der Waals surface area (Å²) in [6.07, 6.45) is 26.2. The SMILES string of the molecule is CC(=O)[O-].CC(=O)[O-].CCCCCP(C12CC3CC(CC(C3)C1)C2)C12CC3CC(CC(C3)C1)C2.[Pd+2]. The molecule has 0 aliphatic heterocycles. The van der Waals surface area contributed by atoms with Crippen LogP contribution in [0.1, 0.15) is 117 Å². The third-order valence-electron chi connectivity index (χ3n) is 10.1. The Bertz CT molecular complexity index is 604. The van der Waals surface area contributed by atoms with Crippen LogP contribution in [-0.2, 0) is 30.0 Å². The Morgan fingerprint density at radius 3 is 1.14 bits per heavy atom. The first kappa shape index (κ1) is 29.6. The van der Waals surface area contributed by atoms with Gasteiger partial charge in [0.1, 0.15) is 0 Å². The molecule has 6 heteroatoms. The quantitative estimate of drug-likeness (QED) is 0.243. The molecule has 8 rings (SSSR count). The van der Waals surface area contributed by atoms with Crippen molar-refractivity contribution >= 4 is 19.9 Å². The van der Waals surface area contributed by atoms with Gasteiger partial charge in [-0.15, -0.1) is 0 Å². The summed E-state index contributed by atoms with van der Waals surface area (Å²) in [4.78, 5) is 17.8. The molecule has 0 spiro atoms. The molecule has 0 radical (unpaired) electrons. The summed E-state index contributed by atoms with van der Waals surface area (Å²) in [7, 11) is 0.280. The van der Waals surface area contributed by atoms with Gasteiger partial charge in [0.15, 0.2) is 0 Å². The van der Waals surface area contributed by atoms with Crippen molar-refractivity contribution in [2.75, 3.05) is 6.16 Å². The van der Waals surface area contributed by atoms with E-state index in [0.717, 1.165) is 59.7 Å². The zero-order chi connectivity index (χ0) is 24.5. The van der Waals surface area contributed by atoms with Gasteiger partial charge in [0.2, 0.25) is 0 Å². The van der Waals surface area contributed by atoms with E-state index in [1.165, 1.54) is 12.8 Å². The van der Waals surface area contributed by atoms with Gasteiger partial charge in [0.25, 0.3) is 0 Å². The molecule has 0 aromatic carbocycles. The Morgan fingerprint density at radius 1 is 0.657 bits per heavy atom. The molecular formula is C29H47O4PPd. The Hall–Kier alpha value is 0.0323. The van der Waals surface area contributed by atoms with E-state index in [9.17, 15) is 0 Å². The number of aliphatic carboxylic acids is 2. The molecule has 0 saturated heterocycles.